The van der Waals surface area contributed by atoms with E-state index in [0.717, 1.165) is 5.56 Å². The Balaban J connectivity index is 1.58. The number of carbonyl (C=O) groups excluding carboxylic acids is 1. The highest BCUT2D eigenvalue weighted by atomic mass is 19.1. The van der Waals surface area contributed by atoms with Gasteiger partial charge in [-0.1, -0.05) is 0 Å². The van der Waals surface area contributed by atoms with Gasteiger partial charge in [0.1, 0.15) is 36.2 Å². The Bertz CT molecular complexity index is 1520. The lowest BCUT2D eigenvalue weighted by atomic mass is 10.0. The number of nitrogens with zero attached hydrogens (tertiary/aromatic N) is 6. The number of benzene rings is 1. The van der Waals surface area contributed by atoms with Crippen molar-refractivity contribution in [3.8, 4) is 22.8 Å². The standard InChI is InChI=1S/C26H27FN6O4/c1-5-31-9-8-20(30-31)17-11-22-24(33-14-28-29-23(17)33)32(25(34)37-26(2,3)4)12-18-16-10-15(13-35-22)36-21(16)7-6-19(18)27/h6-9,11,14-15H,5,10,12-13H2,1-4H3. The van der Waals surface area contributed by atoms with Crippen molar-refractivity contribution in [2.45, 2.75) is 58.9 Å². The van der Waals surface area contributed by atoms with Crippen LogP contribution in [-0.4, -0.2) is 48.8 Å². The van der Waals surface area contributed by atoms with Gasteiger partial charge in [0.05, 0.1) is 17.8 Å². The number of amides is 1. The number of anilines is 1. The van der Waals surface area contributed by atoms with Crippen LogP contribution in [-0.2, 0) is 24.2 Å². The predicted octanol–water partition coefficient (Wildman–Crippen LogP) is 4.39. The molecule has 6 rings (SSSR count). The zero-order valence-corrected chi connectivity index (χ0v) is 21.1. The lowest BCUT2D eigenvalue weighted by molar-refractivity contribution is 0.0573. The monoisotopic (exact) mass is 506 g/mol. The first-order chi connectivity index (χ1) is 17.7. The van der Waals surface area contributed by atoms with E-state index in [9.17, 15) is 4.79 Å². The van der Waals surface area contributed by atoms with E-state index >= 15 is 4.39 Å². The molecular weight excluding hydrogens is 479 g/mol. The molecule has 0 radical (unpaired) electrons. The third-order valence-corrected chi connectivity index (χ3v) is 6.42. The summed E-state index contributed by atoms with van der Waals surface area (Å²) in [5.41, 5.74) is 2.18. The summed E-state index contributed by atoms with van der Waals surface area (Å²) in [5, 5.41) is 13.1. The summed E-state index contributed by atoms with van der Waals surface area (Å²) in [6, 6.07) is 6.67. The lowest BCUT2D eigenvalue weighted by Gasteiger charge is -2.30. The molecule has 1 atom stereocenters. The van der Waals surface area contributed by atoms with Gasteiger partial charge in [0.15, 0.2) is 17.2 Å². The molecule has 0 fully saturated rings. The van der Waals surface area contributed by atoms with Crippen LogP contribution in [0.3, 0.4) is 0 Å². The lowest BCUT2D eigenvalue weighted by Crippen LogP contribution is -2.38. The molecule has 1 amide bonds. The summed E-state index contributed by atoms with van der Waals surface area (Å²) in [7, 11) is 0. The van der Waals surface area contributed by atoms with Crippen LogP contribution in [0.15, 0.2) is 36.8 Å². The second-order valence-electron chi connectivity index (χ2n) is 10.2. The first-order valence-electron chi connectivity index (χ1n) is 12.2. The number of halogens is 1. The topological polar surface area (TPSA) is 96.0 Å². The Morgan fingerprint density at radius 3 is 2.81 bits per heavy atom. The molecular formula is C26H27FN6O4. The van der Waals surface area contributed by atoms with Gasteiger partial charge in [-0.2, -0.15) is 5.10 Å². The Morgan fingerprint density at radius 1 is 1.22 bits per heavy atom. The van der Waals surface area contributed by atoms with Gasteiger partial charge in [-0.15, -0.1) is 10.2 Å². The largest absolute Gasteiger partial charge is 0.486 e. The average Bonchev–Trinajstić information content (AvgIpc) is 3.60. The van der Waals surface area contributed by atoms with E-state index in [-0.39, 0.29) is 19.3 Å². The van der Waals surface area contributed by atoms with E-state index in [1.165, 1.54) is 17.3 Å². The molecule has 3 aromatic heterocycles. The summed E-state index contributed by atoms with van der Waals surface area (Å²) in [6.07, 6.45) is 2.91. The minimum absolute atomic E-state index is 0.0898. The van der Waals surface area contributed by atoms with E-state index in [1.54, 1.807) is 37.3 Å². The summed E-state index contributed by atoms with van der Waals surface area (Å²) in [5.74, 6) is 0.902. The minimum Gasteiger partial charge on any atom is -0.486 e. The predicted molar refractivity (Wildman–Crippen MR) is 132 cm³/mol. The summed E-state index contributed by atoms with van der Waals surface area (Å²) >= 11 is 0. The van der Waals surface area contributed by atoms with Gasteiger partial charge in [0.2, 0.25) is 0 Å². The maximum Gasteiger partial charge on any atom is 0.416 e. The van der Waals surface area contributed by atoms with Crippen LogP contribution in [0, 0.1) is 5.82 Å². The molecule has 2 bridgehead atoms. The molecule has 1 aromatic carbocycles. The first-order valence-corrected chi connectivity index (χ1v) is 12.2. The molecule has 37 heavy (non-hydrogen) atoms. The molecule has 192 valence electrons. The van der Waals surface area contributed by atoms with Crippen LogP contribution in [0.2, 0.25) is 0 Å². The number of carbonyl (C=O) groups is 1. The number of ether oxygens (including phenoxy) is 3. The maximum atomic E-state index is 15.2. The molecule has 0 aliphatic carbocycles. The molecule has 0 saturated heterocycles. The van der Waals surface area contributed by atoms with Crippen LogP contribution in [0.25, 0.3) is 16.9 Å². The zero-order chi connectivity index (χ0) is 25.9. The van der Waals surface area contributed by atoms with E-state index in [2.05, 4.69) is 15.3 Å². The zero-order valence-electron chi connectivity index (χ0n) is 21.1. The molecule has 1 unspecified atom stereocenters. The molecule has 0 saturated carbocycles. The second-order valence-corrected chi connectivity index (χ2v) is 10.2. The van der Waals surface area contributed by atoms with Crippen LogP contribution in [0.4, 0.5) is 15.0 Å². The Hall–Kier alpha value is -4.15. The quantitative estimate of drug-likeness (QED) is 0.398. The molecule has 2 aliphatic rings. The van der Waals surface area contributed by atoms with E-state index in [1.807, 2.05) is 23.9 Å². The fourth-order valence-corrected chi connectivity index (χ4v) is 4.77. The van der Waals surface area contributed by atoms with Crippen molar-refractivity contribution in [3.63, 3.8) is 0 Å². The highest BCUT2D eigenvalue weighted by molar-refractivity contribution is 5.91. The fourth-order valence-electron chi connectivity index (χ4n) is 4.77. The van der Waals surface area contributed by atoms with Crippen LogP contribution in [0.1, 0.15) is 38.8 Å². The number of aryl methyl sites for hydroxylation is 1. The van der Waals surface area contributed by atoms with Gasteiger partial charge in [-0.25, -0.2) is 9.18 Å². The van der Waals surface area contributed by atoms with Gasteiger partial charge in [0, 0.05) is 30.3 Å². The first kappa shape index (κ1) is 23.3. The second kappa shape index (κ2) is 8.46. The Labute approximate surface area is 212 Å². The van der Waals surface area contributed by atoms with Crippen LogP contribution < -0.4 is 14.4 Å². The van der Waals surface area contributed by atoms with Gasteiger partial charge in [-0.3, -0.25) is 14.0 Å². The van der Waals surface area contributed by atoms with Crippen molar-refractivity contribution in [3.05, 3.63) is 53.7 Å². The summed E-state index contributed by atoms with van der Waals surface area (Å²) < 4.78 is 36.8. The smallest absolute Gasteiger partial charge is 0.416 e. The van der Waals surface area contributed by atoms with E-state index in [0.29, 0.717) is 52.8 Å². The highest BCUT2D eigenvalue weighted by Crippen LogP contribution is 2.41. The van der Waals surface area contributed by atoms with Gasteiger partial charge in [-0.05, 0) is 52.0 Å². The van der Waals surface area contributed by atoms with E-state index < -0.39 is 17.5 Å². The molecule has 2 aliphatic heterocycles. The fraction of sp³-hybridized carbons (Fsp3) is 0.385. The molecule has 5 heterocycles. The van der Waals surface area contributed by atoms with E-state index in [4.69, 9.17) is 14.2 Å². The number of hydrogen-bond donors (Lipinski definition) is 0. The van der Waals surface area contributed by atoms with Crippen molar-refractivity contribution in [1.82, 2.24) is 24.4 Å². The van der Waals surface area contributed by atoms with Crippen molar-refractivity contribution in [1.29, 1.82) is 0 Å². The maximum absolute atomic E-state index is 15.2. The van der Waals surface area contributed by atoms with Crippen molar-refractivity contribution >= 4 is 17.6 Å². The van der Waals surface area contributed by atoms with Crippen LogP contribution >= 0.6 is 0 Å². The number of rotatable bonds is 2. The van der Waals surface area contributed by atoms with Gasteiger partial charge >= 0.3 is 6.09 Å². The SMILES string of the molecule is CCn1ccc(-c2cc3c(n4cnnc24)N(C(=O)OC(C)(C)C)Cc2c(F)ccc4c2CC(CO3)O4)n1. The molecule has 4 aromatic rings. The highest BCUT2D eigenvalue weighted by Gasteiger charge is 2.35. The summed E-state index contributed by atoms with van der Waals surface area (Å²) in [6.45, 7) is 8.16. The van der Waals surface area contributed by atoms with Crippen molar-refractivity contribution < 1.29 is 23.4 Å². The van der Waals surface area contributed by atoms with Gasteiger partial charge < -0.3 is 14.2 Å². The minimum atomic E-state index is -0.780. The van der Waals surface area contributed by atoms with Crippen molar-refractivity contribution in [2.75, 3.05) is 11.5 Å². The van der Waals surface area contributed by atoms with Crippen molar-refractivity contribution in [2.24, 2.45) is 0 Å². The number of hydrogen-bond acceptors (Lipinski definition) is 7. The number of pyridine rings is 1. The number of fused-ring (bicyclic) bond motifs is 4. The molecule has 0 spiro atoms. The van der Waals surface area contributed by atoms with Crippen LogP contribution in [0.5, 0.6) is 11.5 Å². The molecule has 11 heteroatoms. The number of aromatic nitrogens is 5. The Morgan fingerprint density at radius 2 is 2.05 bits per heavy atom. The third kappa shape index (κ3) is 4.04. The average molecular weight is 507 g/mol. The third-order valence-electron chi connectivity index (χ3n) is 6.42. The summed E-state index contributed by atoms with van der Waals surface area (Å²) in [4.78, 5) is 15.0. The molecule has 0 N–H and O–H groups in total. The Kier molecular flexibility index (Phi) is 5.32. The van der Waals surface area contributed by atoms with Gasteiger partial charge in [0.25, 0.3) is 0 Å². The normalized spacial score (nSPS) is 16.8. The molecule has 10 nitrogen and oxygen atoms in total.